The summed E-state index contributed by atoms with van der Waals surface area (Å²) in [5.41, 5.74) is 9.70. The Morgan fingerprint density at radius 1 is 0.947 bits per heavy atom. The Kier molecular flexibility index (Phi) is 3.36. The normalized spacial score (nSPS) is 27.1. The summed E-state index contributed by atoms with van der Waals surface area (Å²) in [4.78, 5) is 0. The molecule has 0 saturated carbocycles. The monoisotopic (exact) mass is 252 g/mol. The molecule has 2 aromatic rings. The second-order valence-electron chi connectivity index (χ2n) is 5.47. The van der Waals surface area contributed by atoms with Gasteiger partial charge < -0.3 is 0 Å². The van der Waals surface area contributed by atoms with Crippen molar-refractivity contribution in [2.24, 2.45) is 0 Å². The van der Waals surface area contributed by atoms with Gasteiger partial charge in [-0.1, -0.05) is 60.7 Å². The van der Waals surface area contributed by atoms with Crippen molar-refractivity contribution in [3.8, 4) is 0 Å². The van der Waals surface area contributed by atoms with Crippen molar-refractivity contribution in [3.05, 3.63) is 71.8 Å². The Morgan fingerprint density at radius 3 is 2.16 bits per heavy atom. The summed E-state index contributed by atoms with van der Waals surface area (Å²) in [7, 11) is 0. The third-order valence-corrected chi connectivity index (χ3v) is 4.07. The van der Waals surface area contributed by atoms with E-state index in [4.69, 9.17) is 0 Å². The Bertz CT molecular complexity index is 513. The molecule has 1 aliphatic heterocycles. The maximum atomic E-state index is 3.51. The predicted molar refractivity (Wildman–Crippen MR) is 78.5 cm³/mol. The molecule has 1 saturated heterocycles. The standard InChI is InChI=1S/C17H20N2/c1-17(15-10-6-3-7-11-15)13-12-16(18-19-17)14-8-4-2-5-9-14/h2-11,16,18-19H,12-13H2,1H3. The van der Waals surface area contributed by atoms with Gasteiger partial charge >= 0.3 is 0 Å². The van der Waals surface area contributed by atoms with Crippen molar-refractivity contribution in [3.63, 3.8) is 0 Å². The van der Waals surface area contributed by atoms with E-state index in [1.807, 2.05) is 0 Å². The predicted octanol–water partition coefficient (Wildman–Crippen LogP) is 3.53. The van der Waals surface area contributed by atoms with Crippen LogP contribution >= 0.6 is 0 Å². The molecule has 1 fully saturated rings. The minimum atomic E-state index is 0.0204. The second kappa shape index (κ2) is 5.16. The first-order valence-electron chi connectivity index (χ1n) is 6.91. The van der Waals surface area contributed by atoms with Crippen LogP contribution in [0.3, 0.4) is 0 Å². The van der Waals surface area contributed by atoms with E-state index in [1.165, 1.54) is 11.1 Å². The van der Waals surface area contributed by atoms with E-state index in [1.54, 1.807) is 0 Å². The smallest absolute Gasteiger partial charge is 0.0544 e. The molecule has 0 aliphatic carbocycles. The number of benzene rings is 2. The third-order valence-electron chi connectivity index (χ3n) is 4.07. The topological polar surface area (TPSA) is 24.1 Å². The van der Waals surface area contributed by atoms with Crippen molar-refractivity contribution in [2.45, 2.75) is 31.3 Å². The highest BCUT2D eigenvalue weighted by molar-refractivity contribution is 5.25. The van der Waals surface area contributed by atoms with Crippen LogP contribution < -0.4 is 10.9 Å². The van der Waals surface area contributed by atoms with Gasteiger partial charge in [-0.3, -0.25) is 0 Å². The van der Waals surface area contributed by atoms with Gasteiger partial charge in [0, 0.05) is 6.04 Å². The Balaban J connectivity index is 1.73. The lowest BCUT2D eigenvalue weighted by Crippen LogP contribution is -2.53. The fourth-order valence-corrected chi connectivity index (χ4v) is 2.77. The third kappa shape index (κ3) is 2.55. The van der Waals surface area contributed by atoms with E-state index in [0.29, 0.717) is 6.04 Å². The molecule has 0 aromatic heterocycles. The number of rotatable bonds is 2. The van der Waals surface area contributed by atoms with Crippen LogP contribution in [0.25, 0.3) is 0 Å². The summed E-state index contributed by atoms with van der Waals surface area (Å²) >= 11 is 0. The number of nitrogens with one attached hydrogen (secondary N) is 2. The lowest BCUT2D eigenvalue weighted by Gasteiger charge is -2.40. The lowest BCUT2D eigenvalue weighted by molar-refractivity contribution is 0.193. The van der Waals surface area contributed by atoms with Crippen molar-refractivity contribution in [1.82, 2.24) is 10.9 Å². The molecular formula is C17H20N2. The van der Waals surface area contributed by atoms with E-state index in [-0.39, 0.29) is 5.54 Å². The summed E-state index contributed by atoms with van der Waals surface area (Å²) in [5.74, 6) is 0. The molecule has 2 N–H and O–H groups in total. The Hall–Kier alpha value is -1.64. The molecule has 0 bridgehead atoms. The molecule has 0 amide bonds. The molecule has 2 nitrogen and oxygen atoms in total. The molecule has 2 heteroatoms. The van der Waals surface area contributed by atoms with Crippen LogP contribution in [0.1, 0.15) is 36.9 Å². The SMILES string of the molecule is CC1(c2ccccc2)CCC(c2ccccc2)NN1. The molecule has 2 unspecified atom stereocenters. The van der Waals surface area contributed by atoms with Gasteiger partial charge in [-0.25, -0.2) is 10.9 Å². The van der Waals surface area contributed by atoms with Gasteiger partial charge in [-0.15, -0.1) is 0 Å². The summed E-state index contributed by atoms with van der Waals surface area (Å²) in [6.07, 6.45) is 2.27. The minimum Gasteiger partial charge on any atom is -0.250 e. The molecule has 0 spiro atoms. The quantitative estimate of drug-likeness (QED) is 0.854. The van der Waals surface area contributed by atoms with Crippen LogP contribution in [0.15, 0.2) is 60.7 Å². The van der Waals surface area contributed by atoms with Crippen LogP contribution in [-0.2, 0) is 5.54 Å². The minimum absolute atomic E-state index is 0.0204. The highest BCUT2D eigenvalue weighted by atomic mass is 15.4. The van der Waals surface area contributed by atoms with Crippen LogP contribution in [0.5, 0.6) is 0 Å². The molecule has 98 valence electrons. The van der Waals surface area contributed by atoms with Gasteiger partial charge in [0.2, 0.25) is 0 Å². The van der Waals surface area contributed by atoms with E-state index in [9.17, 15) is 0 Å². The van der Waals surface area contributed by atoms with Crippen molar-refractivity contribution in [2.75, 3.05) is 0 Å². The van der Waals surface area contributed by atoms with E-state index < -0.39 is 0 Å². The fourth-order valence-electron chi connectivity index (χ4n) is 2.77. The Labute approximate surface area is 114 Å². The van der Waals surface area contributed by atoms with Gasteiger partial charge in [0.25, 0.3) is 0 Å². The summed E-state index contributed by atoms with van der Waals surface area (Å²) in [6.45, 7) is 2.26. The van der Waals surface area contributed by atoms with E-state index in [2.05, 4.69) is 78.4 Å². The van der Waals surface area contributed by atoms with E-state index in [0.717, 1.165) is 12.8 Å². The number of hydrazine groups is 1. The molecule has 1 heterocycles. The van der Waals surface area contributed by atoms with Crippen molar-refractivity contribution < 1.29 is 0 Å². The Morgan fingerprint density at radius 2 is 1.58 bits per heavy atom. The second-order valence-corrected chi connectivity index (χ2v) is 5.47. The van der Waals surface area contributed by atoms with Gasteiger partial charge in [0.1, 0.15) is 0 Å². The van der Waals surface area contributed by atoms with E-state index >= 15 is 0 Å². The number of hydrogen-bond donors (Lipinski definition) is 2. The zero-order chi connectivity index (χ0) is 13.1. The molecule has 0 radical (unpaired) electrons. The molecule has 1 aliphatic rings. The highest BCUT2D eigenvalue weighted by Crippen LogP contribution is 2.33. The zero-order valence-electron chi connectivity index (χ0n) is 11.3. The molecule has 3 rings (SSSR count). The van der Waals surface area contributed by atoms with Crippen LogP contribution in [-0.4, -0.2) is 0 Å². The van der Waals surface area contributed by atoms with Crippen LogP contribution in [0, 0.1) is 0 Å². The molecular weight excluding hydrogens is 232 g/mol. The molecule has 2 atom stereocenters. The van der Waals surface area contributed by atoms with Gasteiger partial charge in [0.05, 0.1) is 5.54 Å². The zero-order valence-corrected chi connectivity index (χ0v) is 11.3. The average molecular weight is 252 g/mol. The summed E-state index contributed by atoms with van der Waals surface area (Å²) < 4.78 is 0. The molecule has 19 heavy (non-hydrogen) atoms. The van der Waals surface area contributed by atoms with Gasteiger partial charge in [0.15, 0.2) is 0 Å². The lowest BCUT2D eigenvalue weighted by atomic mass is 9.84. The van der Waals surface area contributed by atoms with Crippen LogP contribution in [0.2, 0.25) is 0 Å². The molecule has 2 aromatic carbocycles. The fraction of sp³-hybridized carbons (Fsp3) is 0.294. The largest absolute Gasteiger partial charge is 0.250 e. The van der Waals surface area contributed by atoms with Crippen LogP contribution in [0.4, 0.5) is 0 Å². The first-order chi connectivity index (χ1) is 9.28. The maximum absolute atomic E-state index is 3.51. The van der Waals surface area contributed by atoms with Crippen molar-refractivity contribution >= 4 is 0 Å². The van der Waals surface area contributed by atoms with Gasteiger partial charge in [-0.2, -0.15) is 0 Å². The average Bonchev–Trinajstić information content (AvgIpc) is 2.50. The number of hydrogen-bond acceptors (Lipinski definition) is 2. The summed E-state index contributed by atoms with van der Waals surface area (Å²) in [5, 5.41) is 0. The maximum Gasteiger partial charge on any atom is 0.0544 e. The van der Waals surface area contributed by atoms with Crippen molar-refractivity contribution in [1.29, 1.82) is 0 Å². The highest BCUT2D eigenvalue weighted by Gasteiger charge is 2.32. The van der Waals surface area contributed by atoms with Gasteiger partial charge in [-0.05, 0) is 30.9 Å². The first-order valence-corrected chi connectivity index (χ1v) is 6.91. The summed E-state index contributed by atoms with van der Waals surface area (Å²) in [6, 6.07) is 21.7. The first kappa shape index (κ1) is 12.4.